The number of nitrogens with zero attached hydrogens (tertiary/aromatic N) is 2. The Balaban J connectivity index is 1.36. The first-order chi connectivity index (χ1) is 13.5. The van der Waals surface area contributed by atoms with Gasteiger partial charge in [-0.05, 0) is 35.7 Å². The van der Waals surface area contributed by atoms with Gasteiger partial charge in [0.2, 0.25) is 11.8 Å². The lowest BCUT2D eigenvalue weighted by atomic mass is 9.99. The highest BCUT2D eigenvalue weighted by Gasteiger charge is 2.33. The minimum absolute atomic E-state index is 0.160. The molecule has 0 aromatic carbocycles. The molecule has 1 aliphatic heterocycles. The number of oxazole rings is 1. The number of piperidine rings is 1. The van der Waals surface area contributed by atoms with Crippen LogP contribution in [-0.2, 0) is 21.4 Å². The predicted octanol–water partition coefficient (Wildman–Crippen LogP) is 3.18. The van der Waals surface area contributed by atoms with Crippen molar-refractivity contribution in [2.24, 2.45) is 5.92 Å². The van der Waals surface area contributed by atoms with Crippen molar-refractivity contribution in [1.29, 1.82) is 0 Å². The fourth-order valence-electron chi connectivity index (χ4n) is 3.14. The maximum absolute atomic E-state index is 12.7. The minimum atomic E-state index is -3.53. The predicted molar refractivity (Wildman–Crippen MR) is 107 cm³/mol. The number of hydrogen-bond acceptors (Lipinski definition) is 7. The highest BCUT2D eigenvalue weighted by atomic mass is 32.2. The zero-order valence-corrected chi connectivity index (χ0v) is 17.4. The summed E-state index contributed by atoms with van der Waals surface area (Å²) in [7, 11) is -3.53. The number of amides is 1. The molecule has 28 heavy (non-hydrogen) atoms. The van der Waals surface area contributed by atoms with Gasteiger partial charge in [0.05, 0.1) is 23.0 Å². The topological polar surface area (TPSA) is 92.5 Å². The molecule has 0 saturated carbocycles. The lowest BCUT2D eigenvalue weighted by Crippen LogP contribution is -2.45. The van der Waals surface area contributed by atoms with Gasteiger partial charge < -0.3 is 9.73 Å². The van der Waals surface area contributed by atoms with Crippen LogP contribution in [0.3, 0.4) is 0 Å². The van der Waals surface area contributed by atoms with Crippen LogP contribution in [0.2, 0.25) is 0 Å². The van der Waals surface area contributed by atoms with E-state index in [9.17, 15) is 13.2 Å². The number of carbonyl (C=O) groups excluding carboxylic acids is 1. The van der Waals surface area contributed by atoms with E-state index < -0.39 is 10.0 Å². The Bertz CT molecular complexity index is 1030. The zero-order chi connectivity index (χ0) is 19.6. The van der Waals surface area contributed by atoms with Crippen LogP contribution in [0.15, 0.2) is 49.9 Å². The van der Waals surface area contributed by atoms with E-state index in [1.165, 1.54) is 33.2 Å². The number of aromatic nitrogens is 1. The minimum Gasteiger partial charge on any atom is -0.443 e. The van der Waals surface area contributed by atoms with Gasteiger partial charge in [0, 0.05) is 13.1 Å². The molecule has 3 aromatic rings. The Kier molecular flexibility index (Phi) is 5.63. The van der Waals surface area contributed by atoms with Crippen molar-refractivity contribution >= 4 is 38.6 Å². The van der Waals surface area contributed by atoms with Gasteiger partial charge in [-0.2, -0.15) is 4.31 Å². The first-order valence-corrected chi connectivity index (χ1v) is 12.0. The lowest BCUT2D eigenvalue weighted by Gasteiger charge is -2.30. The smallest absolute Gasteiger partial charge is 0.252 e. The van der Waals surface area contributed by atoms with Crippen molar-refractivity contribution in [1.82, 2.24) is 14.6 Å². The molecule has 1 atom stereocenters. The van der Waals surface area contributed by atoms with Crippen LogP contribution in [0.4, 0.5) is 0 Å². The van der Waals surface area contributed by atoms with Gasteiger partial charge in [-0.15, -0.1) is 22.7 Å². The van der Waals surface area contributed by atoms with Gasteiger partial charge >= 0.3 is 0 Å². The number of carbonyl (C=O) groups is 1. The molecule has 0 radical (unpaired) electrons. The van der Waals surface area contributed by atoms with Crippen molar-refractivity contribution in [2.45, 2.75) is 23.6 Å². The van der Waals surface area contributed by atoms with Crippen molar-refractivity contribution in [3.63, 3.8) is 0 Å². The summed E-state index contributed by atoms with van der Waals surface area (Å²) in [5.41, 5.74) is 0.635. The number of rotatable bonds is 6. The molecule has 1 fully saturated rings. The van der Waals surface area contributed by atoms with E-state index in [0.29, 0.717) is 35.2 Å². The molecule has 0 aliphatic carbocycles. The van der Waals surface area contributed by atoms with Crippen molar-refractivity contribution in [2.75, 3.05) is 13.1 Å². The largest absolute Gasteiger partial charge is 0.443 e. The summed E-state index contributed by atoms with van der Waals surface area (Å²) in [5, 5.41) is 6.54. The number of sulfonamides is 1. The summed E-state index contributed by atoms with van der Waals surface area (Å²) in [6.45, 7) is 0.894. The molecular formula is C18H19N3O4S3. The van der Waals surface area contributed by atoms with E-state index in [-0.39, 0.29) is 24.9 Å². The van der Waals surface area contributed by atoms with E-state index >= 15 is 0 Å². The van der Waals surface area contributed by atoms with Gasteiger partial charge in [0.1, 0.15) is 10.5 Å². The number of hydrogen-bond donors (Lipinski definition) is 1. The normalized spacial score (nSPS) is 18.2. The van der Waals surface area contributed by atoms with Crippen LogP contribution >= 0.6 is 22.7 Å². The first-order valence-electron chi connectivity index (χ1n) is 8.83. The van der Waals surface area contributed by atoms with Gasteiger partial charge in [0.25, 0.3) is 10.0 Å². The molecule has 1 N–H and O–H groups in total. The third kappa shape index (κ3) is 4.04. The Morgan fingerprint density at radius 2 is 2.11 bits per heavy atom. The van der Waals surface area contributed by atoms with E-state index in [2.05, 4.69) is 10.3 Å². The first kappa shape index (κ1) is 19.3. The van der Waals surface area contributed by atoms with Gasteiger partial charge in [-0.25, -0.2) is 13.4 Å². The molecule has 0 unspecified atom stereocenters. The molecule has 10 heteroatoms. The van der Waals surface area contributed by atoms with Crippen LogP contribution in [0.5, 0.6) is 0 Å². The highest BCUT2D eigenvalue weighted by molar-refractivity contribution is 7.91. The third-order valence-electron chi connectivity index (χ3n) is 4.57. The summed E-state index contributed by atoms with van der Waals surface area (Å²) in [5.74, 6) is 0.00374. The average Bonchev–Trinajstić information content (AvgIpc) is 3.48. The molecule has 0 bridgehead atoms. The van der Waals surface area contributed by atoms with E-state index in [1.807, 2.05) is 17.5 Å². The molecule has 148 valence electrons. The van der Waals surface area contributed by atoms with Crippen LogP contribution in [0.1, 0.15) is 18.5 Å². The Morgan fingerprint density at radius 1 is 1.29 bits per heavy atom. The Morgan fingerprint density at radius 3 is 2.86 bits per heavy atom. The lowest BCUT2D eigenvalue weighted by molar-refractivity contribution is -0.126. The van der Waals surface area contributed by atoms with Gasteiger partial charge in [0.15, 0.2) is 0 Å². The maximum Gasteiger partial charge on any atom is 0.252 e. The molecule has 4 rings (SSSR count). The molecule has 0 spiro atoms. The number of nitrogens with one attached hydrogen (secondary N) is 1. The quantitative estimate of drug-likeness (QED) is 0.639. The third-order valence-corrected chi connectivity index (χ3v) is 8.67. The fourth-order valence-corrected chi connectivity index (χ4v) is 6.46. The summed E-state index contributed by atoms with van der Waals surface area (Å²) >= 11 is 2.73. The second-order valence-electron chi connectivity index (χ2n) is 6.47. The molecule has 1 amide bonds. The van der Waals surface area contributed by atoms with Crippen molar-refractivity contribution in [3.05, 3.63) is 47.0 Å². The summed E-state index contributed by atoms with van der Waals surface area (Å²) in [4.78, 5) is 17.9. The van der Waals surface area contributed by atoms with Crippen LogP contribution in [-0.4, -0.2) is 36.7 Å². The molecule has 3 aromatic heterocycles. The van der Waals surface area contributed by atoms with Crippen molar-refractivity contribution in [3.8, 4) is 10.8 Å². The summed E-state index contributed by atoms with van der Waals surface area (Å²) < 4.78 is 32.6. The SMILES string of the molecule is O=C(NCc1coc(-c2cccs2)n1)[C@H]1CCCN(S(=O)(=O)c2cccs2)C1. The maximum atomic E-state index is 12.7. The van der Waals surface area contributed by atoms with Gasteiger partial charge in [-0.1, -0.05) is 12.1 Å². The van der Waals surface area contributed by atoms with Crippen LogP contribution in [0.25, 0.3) is 10.8 Å². The monoisotopic (exact) mass is 437 g/mol. The van der Waals surface area contributed by atoms with E-state index in [1.54, 1.807) is 17.5 Å². The summed E-state index contributed by atoms with van der Waals surface area (Å²) in [6, 6.07) is 7.15. The number of thiophene rings is 2. The molecule has 4 heterocycles. The van der Waals surface area contributed by atoms with E-state index in [4.69, 9.17) is 4.42 Å². The Hall–Kier alpha value is -2.01. The van der Waals surface area contributed by atoms with Crippen molar-refractivity contribution < 1.29 is 17.6 Å². The average molecular weight is 438 g/mol. The van der Waals surface area contributed by atoms with Gasteiger partial charge in [-0.3, -0.25) is 4.79 Å². The highest BCUT2D eigenvalue weighted by Crippen LogP contribution is 2.27. The fraction of sp³-hybridized carbons (Fsp3) is 0.333. The molecule has 7 nitrogen and oxygen atoms in total. The molecular weight excluding hydrogens is 418 g/mol. The Labute approximate surface area is 171 Å². The van der Waals surface area contributed by atoms with E-state index in [0.717, 1.165) is 4.88 Å². The van der Waals surface area contributed by atoms with Crippen LogP contribution < -0.4 is 5.32 Å². The van der Waals surface area contributed by atoms with Crippen LogP contribution in [0, 0.1) is 5.92 Å². The second kappa shape index (κ2) is 8.16. The molecule has 1 saturated heterocycles. The summed E-state index contributed by atoms with van der Waals surface area (Å²) in [6.07, 6.45) is 2.86. The zero-order valence-electron chi connectivity index (χ0n) is 14.9. The second-order valence-corrected chi connectivity index (χ2v) is 10.5. The standard InChI is InChI=1S/C18H19N3O4S3/c22-17(19-10-14-12-25-18(20-14)15-5-2-8-26-15)13-4-1-7-21(11-13)28(23,24)16-6-3-9-27-16/h2-3,5-6,8-9,12-13H,1,4,7,10-11H2,(H,19,22)/t13-/m0/s1. The molecule has 1 aliphatic rings.